The fourth-order valence-corrected chi connectivity index (χ4v) is 6.65. The first-order chi connectivity index (χ1) is 23.5. The molecule has 0 spiro atoms. The zero-order chi connectivity index (χ0) is 35.1. The van der Waals surface area contributed by atoms with Crippen LogP contribution in [0, 0.1) is 0 Å². The lowest BCUT2D eigenvalue weighted by atomic mass is 10.0. The highest BCUT2D eigenvalue weighted by molar-refractivity contribution is 7.99. The number of nitrogens with one attached hydrogen (secondary N) is 1. The van der Waals surface area contributed by atoms with E-state index < -0.39 is 12.5 Å². The maximum Gasteiger partial charge on any atom is 0.387 e. The number of piperidine rings is 1. The molecule has 1 aromatic carbocycles. The summed E-state index contributed by atoms with van der Waals surface area (Å²) in [6.45, 7) is 3.74. The largest absolute Gasteiger partial charge is 0.434 e. The molecule has 0 bridgehead atoms. The number of alkyl halides is 2. The maximum atomic E-state index is 13.5. The van der Waals surface area contributed by atoms with E-state index in [0.717, 1.165) is 37.1 Å². The van der Waals surface area contributed by atoms with Crippen molar-refractivity contribution in [2.75, 3.05) is 52.1 Å². The van der Waals surface area contributed by atoms with E-state index in [1.165, 1.54) is 39.4 Å². The summed E-state index contributed by atoms with van der Waals surface area (Å²) in [5.74, 6) is -0.842. The van der Waals surface area contributed by atoms with Gasteiger partial charge in [0, 0.05) is 66.5 Å². The topological polar surface area (TPSA) is 130 Å². The van der Waals surface area contributed by atoms with Crippen LogP contribution >= 0.6 is 11.8 Å². The lowest BCUT2D eigenvalue weighted by molar-refractivity contribution is -0.133. The van der Waals surface area contributed by atoms with Crippen LogP contribution in [-0.4, -0.2) is 122 Å². The Morgan fingerprint density at radius 1 is 1.18 bits per heavy atom. The Labute approximate surface area is 287 Å². The Bertz CT molecular complexity index is 1750. The van der Waals surface area contributed by atoms with Gasteiger partial charge in [-0.05, 0) is 51.2 Å². The molecular weight excluding hydrogens is 656 g/mol. The molecule has 3 aromatic heterocycles. The molecular formula is C33H41F2N9O4S. The zero-order valence-electron chi connectivity index (χ0n) is 28.0. The lowest BCUT2D eigenvalue weighted by Gasteiger charge is -2.38. The quantitative estimate of drug-likeness (QED) is 0.144. The van der Waals surface area contributed by atoms with Crippen molar-refractivity contribution in [1.82, 2.24) is 39.1 Å². The van der Waals surface area contributed by atoms with E-state index in [1.54, 1.807) is 35.5 Å². The number of aromatic nitrogens is 5. The molecule has 1 aliphatic rings. The molecule has 2 amide bonds. The van der Waals surface area contributed by atoms with Crippen molar-refractivity contribution in [3.63, 3.8) is 0 Å². The summed E-state index contributed by atoms with van der Waals surface area (Å²) in [6, 6.07) is 6.70. The Balaban J connectivity index is 1.41. The Morgan fingerprint density at radius 3 is 2.65 bits per heavy atom. The second-order valence-electron chi connectivity index (χ2n) is 12.3. The van der Waals surface area contributed by atoms with Gasteiger partial charge in [0.05, 0.1) is 18.4 Å². The van der Waals surface area contributed by atoms with Gasteiger partial charge in [0.25, 0.3) is 5.91 Å². The minimum Gasteiger partial charge on any atom is -0.434 e. The van der Waals surface area contributed by atoms with E-state index in [1.807, 2.05) is 27.9 Å². The van der Waals surface area contributed by atoms with Crippen LogP contribution in [-0.2, 0) is 16.1 Å². The van der Waals surface area contributed by atoms with Crippen LogP contribution < -0.4 is 10.1 Å². The molecule has 0 atom stereocenters. The normalized spacial score (nSPS) is 14.0. The molecule has 0 aliphatic carbocycles. The van der Waals surface area contributed by atoms with Crippen LogP contribution in [0.25, 0.3) is 16.9 Å². The van der Waals surface area contributed by atoms with Crippen LogP contribution in [0.4, 0.5) is 14.5 Å². The number of likely N-dealkylation sites (tertiary alicyclic amines) is 1. The molecule has 1 N–H and O–H groups in total. The monoisotopic (exact) mass is 697 g/mol. The molecule has 13 nitrogen and oxygen atoms in total. The maximum absolute atomic E-state index is 13.5. The average Bonchev–Trinajstić information content (AvgIpc) is 3.67. The van der Waals surface area contributed by atoms with Crippen LogP contribution in [0.5, 0.6) is 5.75 Å². The van der Waals surface area contributed by atoms with Gasteiger partial charge in [-0.15, -0.1) is 11.8 Å². The summed E-state index contributed by atoms with van der Waals surface area (Å²) >= 11 is 1.53. The number of carbonyl (C=O) groups excluding carboxylic acids is 3. The molecule has 262 valence electrons. The highest BCUT2D eigenvalue weighted by Crippen LogP contribution is 2.39. The van der Waals surface area contributed by atoms with Crippen LogP contribution in [0.1, 0.15) is 37.0 Å². The smallest absolute Gasteiger partial charge is 0.387 e. The number of carbonyl (C=O) groups is 3. The molecule has 1 saturated heterocycles. The predicted octanol–water partition coefficient (Wildman–Crippen LogP) is 4.00. The van der Waals surface area contributed by atoms with Crippen molar-refractivity contribution in [2.45, 2.75) is 56.0 Å². The Hall–Kier alpha value is -4.41. The van der Waals surface area contributed by atoms with Gasteiger partial charge in [-0.2, -0.15) is 19.0 Å². The van der Waals surface area contributed by atoms with E-state index in [-0.39, 0.29) is 52.0 Å². The van der Waals surface area contributed by atoms with Crippen molar-refractivity contribution < 1.29 is 27.9 Å². The van der Waals surface area contributed by atoms with E-state index >= 15 is 0 Å². The van der Waals surface area contributed by atoms with Gasteiger partial charge in [0.15, 0.2) is 5.65 Å². The number of hydrogen-bond donors (Lipinski definition) is 1. The Kier molecular flexibility index (Phi) is 12.0. The second-order valence-corrected chi connectivity index (χ2v) is 13.9. The van der Waals surface area contributed by atoms with Crippen molar-refractivity contribution in [3.8, 4) is 17.0 Å². The first-order valence-electron chi connectivity index (χ1n) is 16.1. The van der Waals surface area contributed by atoms with Gasteiger partial charge in [0.2, 0.25) is 5.91 Å². The highest BCUT2D eigenvalue weighted by Gasteiger charge is 2.28. The molecule has 16 heteroatoms. The summed E-state index contributed by atoms with van der Waals surface area (Å²) in [4.78, 5) is 49.4. The van der Waals surface area contributed by atoms with E-state index in [4.69, 9.17) is 4.74 Å². The number of ether oxygens (including phenoxy) is 1. The third-order valence-corrected chi connectivity index (χ3v) is 9.10. The Morgan fingerprint density at radius 2 is 1.96 bits per heavy atom. The molecule has 0 saturated carbocycles. The number of fused-ring (bicyclic) bond motifs is 1. The molecule has 4 heterocycles. The van der Waals surface area contributed by atoms with Crippen molar-refractivity contribution in [1.29, 1.82) is 0 Å². The molecule has 4 aromatic rings. The number of amides is 2. The van der Waals surface area contributed by atoms with Gasteiger partial charge < -0.3 is 24.6 Å². The van der Waals surface area contributed by atoms with E-state index in [0.29, 0.717) is 25.3 Å². The summed E-state index contributed by atoms with van der Waals surface area (Å²) in [6.07, 6.45) is 8.46. The second kappa shape index (κ2) is 16.3. The predicted molar refractivity (Wildman–Crippen MR) is 182 cm³/mol. The number of anilines is 1. The first-order valence-corrected chi connectivity index (χ1v) is 16.9. The number of aldehydes is 1. The average molecular weight is 698 g/mol. The van der Waals surface area contributed by atoms with Gasteiger partial charge in [0.1, 0.15) is 29.8 Å². The van der Waals surface area contributed by atoms with Crippen molar-refractivity contribution in [3.05, 3.63) is 54.6 Å². The third kappa shape index (κ3) is 9.19. The first kappa shape index (κ1) is 35.9. The number of likely N-dealkylation sites (N-methyl/N-ethyl adjacent to an activating group) is 1. The van der Waals surface area contributed by atoms with Crippen molar-refractivity contribution >= 4 is 41.2 Å². The number of thioether (sulfide) groups is 1. The third-order valence-electron chi connectivity index (χ3n) is 8.10. The molecule has 49 heavy (non-hydrogen) atoms. The SMILES string of the molecule is CC(C)Sc1ccc(OC(F)F)c(-c2nn(CC(=O)N3CCC(N(CC=O)CCN(C)C)CC3)cc2NC(=O)c2cnn3cccnc23)c1. The molecule has 1 aliphatic heterocycles. The minimum atomic E-state index is -3.10. The van der Waals surface area contributed by atoms with Gasteiger partial charge in [-0.1, -0.05) is 13.8 Å². The van der Waals surface area contributed by atoms with Gasteiger partial charge >= 0.3 is 6.61 Å². The molecule has 5 rings (SSSR count). The number of rotatable bonds is 15. The fraction of sp³-hybridized carbons (Fsp3) is 0.455. The van der Waals surface area contributed by atoms with Crippen LogP contribution in [0.2, 0.25) is 0 Å². The number of halogens is 2. The zero-order valence-corrected chi connectivity index (χ0v) is 28.8. The van der Waals surface area contributed by atoms with Crippen LogP contribution in [0.15, 0.2) is 53.9 Å². The highest BCUT2D eigenvalue weighted by atomic mass is 32.2. The summed E-state index contributed by atoms with van der Waals surface area (Å²) < 4.78 is 34.8. The van der Waals surface area contributed by atoms with Gasteiger partial charge in [-0.25, -0.2) is 9.50 Å². The standard InChI is InChI=1S/C33H41F2N9O4S/c1-22(2)49-24-6-7-28(48-33(34)35)25(18-24)30-27(38-32(47)26-19-37-44-11-5-10-36-31(26)44)20-43(39-30)21-29(46)42-12-8-23(9-13-42)41(16-17-45)15-14-40(3)4/h5-7,10-11,17-20,22-23,33H,8-9,12-16,21H2,1-4H3,(H,38,47). The number of nitrogens with zero attached hydrogens (tertiary/aromatic N) is 8. The van der Waals surface area contributed by atoms with Gasteiger partial charge in [-0.3, -0.25) is 19.2 Å². The molecule has 1 fully saturated rings. The number of benzene rings is 1. The lowest BCUT2D eigenvalue weighted by Crippen LogP contribution is -2.49. The molecule has 0 radical (unpaired) electrons. The minimum absolute atomic E-state index is 0.121. The van der Waals surface area contributed by atoms with Crippen LogP contribution in [0.3, 0.4) is 0 Å². The van der Waals surface area contributed by atoms with E-state index in [2.05, 4.69) is 30.3 Å². The fourth-order valence-electron chi connectivity index (χ4n) is 5.77. The molecule has 0 unspecified atom stereocenters. The number of hydrogen-bond acceptors (Lipinski definition) is 10. The summed E-state index contributed by atoms with van der Waals surface area (Å²) in [5.41, 5.74) is 1.12. The van der Waals surface area contributed by atoms with E-state index in [9.17, 15) is 23.2 Å². The summed E-state index contributed by atoms with van der Waals surface area (Å²) in [7, 11) is 3.98. The van der Waals surface area contributed by atoms with Crippen molar-refractivity contribution in [2.24, 2.45) is 0 Å². The summed E-state index contributed by atoms with van der Waals surface area (Å²) in [5, 5.41) is 11.9.